The number of carbonyl (C=O) groups is 1. The normalized spacial score (nSPS) is 9.83. The van der Waals surface area contributed by atoms with Crippen molar-refractivity contribution in [1.82, 2.24) is 4.90 Å². The van der Waals surface area contributed by atoms with E-state index in [0.717, 1.165) is 5.56 Å². The fourth-order valence-electron chi connectivity index (χ4n) is 1.64. The molecule has 0 unspecified atom stereocenters. The first-order valence-corrected chi connectivity index (χ1v) is 6.20. The molecule has 96 valence electrons. The fourth-order valence-corrected chi connectivity index (χ4v) is 1.73. The van der Waals surface area contributed by atoms with Crippen molar-refractivity contribution in [2.75, 3.05) is 13.1 Å². The van der Waals surface area contributed by atoms with Crippen LogP contribution < -0.4 is 5.73 Å². The molecule has 0 aromatic heterocycles. The molecule has 4 heteroatoms. The molecule has 0 spiro atoms. The molecule has 0 aliphatic heterocycles. The van der Waals surface area contributed by atoms with Crippen LogP contribution in [0.3, 0.4) is 0 Å². The second-order valence-corrected chi connectivity index (χ2v) is 4.65. The summed E-state index contributed by atoms with van der Waals surface area (Å²) in [5.41, 5.74) is 7.21. The van der Waals surface area contributed by atoms with Crippen molar-refractivity contribution in [2.24, 2.45) is 5.73 Å². The van der Waals surface area contributed by atoms with Crippen molar-refractivity contribution in [1.29, 1.82) is 0 Å². The van der Waals surface area contributed by atoms with Gasteiger partial charge < -0.3 is 10.6 Å². The van der Waals surface area contributed by atoms with E-state index in [-0.39, 0.29) is 5.91 Å². The molecule has 0 heterocycles. The Kier molecular flexibility index (Phi) is 5.52. The molecule has 1 aromatic rings. The molecule has 0 atom stereocenters. The standard InChI is InChI=1S/C14H18N2OS/c1-3-8-16(9-7-13(15)18)14(17)12-6-4-5-11(2)10-12/h3-6,10H,1,7-9H2,2H3,(H2,15,18). The molecular weight excluding hydrogens is 244 g/mol. The Labute approximate surface area is 113 Å². The lowest BCUT2D eigenvalue weighted by molar-refractivity contribution is 0.0778. The average molecular weight is 262 g/mol. The van der Waals surface area contributed by atoms with Crippen LogP contribution >= 0.6 is 12.2 Å². The Morgan fingerprint density at radius 3 is 2.83 bits per heavy atom. The van der Waals surface area contributed by atoms with Crippen molar-refractivity contribution < 1.29 is 4.79 Å². The largest absolute Gasteiger partial charge is 0.393 e. The quantitative estimate of drug-likeness (QED) is 0.632. The predicted octanol–water partition coefficient (Wildman–Crippen LogP) is 2.30. The molecule has 0 bridgehead atoms. The molecule has 1 rings (SSSR count). The highest BCUT2D eigenvalue weighted by molar-refractivity contribution is 7.80. The first-order valence-electron chi connectivity index (χ1n) is 5.79. The third-order valence-corrected chi connectivity index (χ3v) is 2.73. The highest BCUT2D eigenvalue weighted by atomic mass is 32.1. The van der Waals surface area contributed by atoms with E-state index in [2.05, 4.69) is 6.58 Å². The van der Waals surface area contributed by atoms with E-state index in [1.807, 2.05) is 31.2 Å². The highest BCUT2D eigenvalue weighted by Gasteiger charge is 2.14. The van der Waals surface area contributed by atoms with Crippen LogP contribution in [0.15, 0.2) is 36.9 Å². The molecule has 0 radical (unpaired) electrons. The Morgan fingerprint density at radius 1 is 1.56 bits per heavy atom. The predicted molar refractivity (Wildman–Crippen MR) is 78.7 cm³/mol. The molecule has 2 N–H and O–H groups in total. The Balaban J connectivity index is 2.81. The minimum Gasteiger partial charge on any atom is -0.393 e. The van der Waals surface area contributed by atoms with Gasteiger partial charge in [0.2, 0.25) is 0 Å². The summed E-state index contributed by atoms with van der Waals surface area (Å²) in [4.78, 5) is 14.4. The van der Waals surface area contributed by atoms with E-state index >= 15 is 0 Å². The van der Waals surface area contributed by atoms with Gasteiger partial charge in [-0.15, -0.1) is 6.58 Å². The van der Waals surface area contributed by atoms with Crippen molar-refractivity contribution in [3.8, 4) is 0 Å². The van der Waals surface area contributed by atoms with Crippen LogP contribution in [0.2, 0.25) is 0 Å². The molecule has 3 nitrogen and oxygen atoms in total. The molecule has 0 aliphatic rings. The Morgan fingerprint density at radius 2 is 2.28 bits per heavy atom. The summed E-state index contributed by atoms with van der Waals surface area (Å²) in [5, 5.41) is 0. The minimum absolute atomic E-state index is 0.0187. The summed E-state index contributed by atoms with van der Waals surface area (Å²) in [6.45, 7) is 6.64. The van der Waals surface area contributed by atoms with Gasteiger partial charge in [0, 0.05) is 25.1 Å². The Bertz CT molecular complexity index is 457. The smallest absolute Gasteiger partial charge is 0.254 e. The summed E-state index contributed by atoms with van der Waals surface area (Å²) >= 11 is 4.84. The number of nitrogens with zero attached hydrogens (tertiary/aromatic N) is 1. The van der Waals surface area contributed by atoms with Crippen LogP contribution in [0.25, 0.3) is 0 Å². The number of hydrogen-bond acceptors (Lipinski definition) is 2. The molecule has 0 aliphatic carbocycles. The summed E-state index contributed by atoms with van der Waals surface area (Å²) < 4.78 is 0. The number of hydrogen-bond donors (Lipinski definition) is 1. The summed E-state index contributed by atoms with van der Waals surface area (Å²) in [7, 11) is 0. The van der Waals surface area contributed by atoms with E-state index < -0.39 is 0 Å². The number of benzene rings is 1. The number of aryl methyl sites for hydroxylation is 1. The maximum atomic E-state index is 12.3. The van der Waals surface area contributed by atoms with E-state index in [0.29, 0.717) is 30.1 Å². The van der Waals surface area contributed by atoms with E-state index in [1.54, 1.807) is 11.0 Å². The first-order chi connectivity index (χ1) is 8.54. The third kappa shape index (κ3) is 4.30. The van der Waals surface area contributed by atoms with Crippen molar-refractivity contribution >= 4 is 23.1 Å². The van der Waals surface area contributed by atoms with Crippen LogP contribution in [0.1, 0.15) is 22.3 Å². The van der Waals surface area contributed by atoms with Crippen LogP contribution in [0, 0.1) is 6.92 Å². The van der Waals surface area contributed by atoms with Crippen molar-refractivity contribution in [3.05, 3.63) is 48.0 Å². The van der Waals surface area contributed by atoms with Crippen LogP contribution in [0.5, 0.6) is 0 Å². The first kappa shape index (κ1) is 14.4. The van der Waals surface area contributed by atoms with Crippen molar-refractivity contribution in [3.63, 3.8) is 0 Å². The molecular formula is C14H18N2OS. The number of amides is 1. The number of nitrogens with two attached hydrogens (primary N) is 1. The molecule has 0 saturated carbocycles. The summed E-state index contributed by atoms with van der Waals surface area (Å²) in [6, 6.07) is 7.53. The molecule has 1 amide bonds. The van der Waals surface area contributed by atoms with Gasteiger partial charge in [0.25, 0.3) is 5.91 Å². The molecule has 1 aromatic carbocycles. The van der Waals surface area contributed by atoms with Gasteiger partial charge >= 0.3 is 0 Å². The molecule has 0 saturated heterocycles. The van der Waals surface area contributed by atoms with Crippen LogP contribution in [-0.2, 0) is 0 Å². The van der Waals surface area contributed by atoms with Gasteiger partial charge in [-0.3, -0.25) is 4.79 Å². The highest BCUT2D eigenvalue weighted by Crippen LogP contribution is 2.08. The second-order valence-electron chi connectivity index (χ2n) is 4.13. The third-order valence-electron chi connectivity index (χ3n) is 2.53. The number of rotatable bonds is 6. The van der Waals surface area contributed by atoms with Crippen LogP contribution in [-0.4, -0.2) is 28.9 Å². The van der Waals surface area contributed by atoms with Crippen LogP contribution in [0.4, 0.5) is 0 Å². The molecule has 18 heavy (non-hydrogen) atoms. The zero-order valence-corrected chi connectivity index (χ0v) is 11.4. The zero-order valence-electron chi connectivity index (χ0n) is 10.6. The lowest BCUT2D eigenvalue weighted by Gasteiger charge is -2.21. The maximum absolute atomic E-state index is 12.3. The van der Waals surface area contributed by atoms with E-state index in [4.69, 9.17) is 18.0 Å². The number of carbonyl (C=O) groups excluding carboxylic acids is 1. The number of thiocarbonyl (C=S) groups is 1. The lowest BCUT2D eigenvalue weighted by atomic mass is 10.1. The summed E-state index contributed by atoms with van der Waals surface area (Å²) in [5.74, 6) is -0.0187. The van der Waals surface area contributed by atoms with Gasteiger partial charge in [0.1, 0.15) is 0 Å². The van der Waals surface area contributed by atoms with Gasteiger partial charge in [0.15, 0.2) is 0 Å². The van der Waals surface area contributed by atoms with Gasteiger partial charge in [-0.25, -0.2) is 0 Å². The lowest BCUT2D eigenvalue weighted by Crippen LogP contribution is -2.33. The monoisotopic (exact) mass is 262 g/mol. The van der Waals surface area contributed by atoms with Gasteiger partial charge in [-0.05, 0) is 19.1 Å². The van der Waals surface area contributed by atoms with E-state index in [9.17, 15) is 4.79 Å². The van der Waals surface area contributed by atoms with Gasteiger partial charge in [-0.1, -0.05) is 36.0 Å². The average Bonchev–Trinajstić information content (AvgIpc) is 2.33. The van der Waals surface area contributed by atoms with Crippen molar-refractivity contribution in [2.45, 2.75) is 13.3 Å². The maximum Gasteiger partial charge on any atom is 0.254 e. The van der Waals surface area contributed by atoms with E-state index in [1.165, 1.54) is 0 Å². The fraction of sp³-hybridized carbons (Fsp3) is 0.286. The molecule has 0 fully saturated rings. The zero-order chi connectivity index (χ0) is 13.5. The second kappa shape index (κ2) is 6.91. The van der Waals surface area contributed by atoms with Gasteiger partial charge in [0.05, 0.1) is 4.99 Å². The SMILES string of the molecule is C=CCN(CCC(N)=S)C(=O)c1cccc(C)c1. The Hall–Kier alpha value is -1.68. The van der Waals surface area contributed by atoms with Gasteiger partial charge in [-0.2, -0.15) is 0 Å². The minimum atomic E-state index is -0.0187. The summed E-state index contributed by atoms with van der Waals surface area (Å²) in [6.07, 6.45) is 2.23. The topological polar surface area (TPSA) is 46.3 Å².